The maximum Gasteiger partial charge on any atom is 0.349 e. The SMILES string of the molecule is CC(C)CCC1(c2ccccc2)CC(O)=C(Sc2ccccc2)C(=O)O1. The third-order valence-corrected chi connectivity index (χ3v) is 5.69. The highest BCUT2D eigenvalue weighted by Crippen LogP contribution is 2.45. The highest BCUT2D eigenvalue weighted by molar-refractivity contribution is 8.04. The second-order valence-electron chi connectivity index (χ2n) is 7.05. The molecule has 1 unspecified atom stereocenters. The lowest BCUT2D eigenvalue weighted by Gasteiger charge is -2.38. The van der Waals surface area contributed by atoms with Crippen LogP contribution in [0.25, 0.3) is 0 Å². The Bertz CT molecular complexity index is 784. The number of esters is 1. The lowest BCUT2D eigenvalue weighted by Crippen LogP contribution is -2.37. The second-order valence-corrected chi connectivity index (χ2v) is 8.13. The van der Waals surface area contributed by atoms with Gasteiger partial charge in [0, 0.05) is 4.90 Å². The molecule has 0 radical (unpaired) electrons. The number of aliphatic hydroxyl groups excluding tert-OH is 1. The van der Waals surface area contributed by atoms with Crippen LogP contribution in [0.4, 0.5) is 0 Å². The molecule has 0 aliphatic carbocycles. The highest BCUT2D eigenvalue weighted by Gasteiger charge is 2.43. The molecule has 1 aliphatic rings. The van der Waals surface area contributed by atoms with E-state index >= 15 is 0 Å². The van der Waals surface area contributed by atoms with Crippen molar-refractivity contribution in [2.24, 2.45) is 5.92 Å². The van der Waals surface area contributed by atoms with Crippen molar-refractivity contribution in [3.8, 4) is 0 Å². The third kappa shape index (κ3) is 4.13. The summed E-state index contributed by atoms with van der Waals surface area (Å²) in [6.07, 6.45) is 1.91. The zero-order valence-electron chi connectivity index (χ0n) is 15.1. The first-order valence-electron chi connectivity index (χ1n) is 8.94. The first kappa shape index (κ1) is 18.6. The van der Waals surface area contributed by atoms with Gasteiger partial charge in [0.1, 0.15) is 16.3 Å². The largest absolute Gasteiger partial charge is 0.511 e. The molecule has 3 nitrogen and oxygen atoms in total. The topological polar surface area (TPSA) is 46.5 Å². The highest BCUT2D eigenvalue weighted by atomic mass is 32.2. The van der Waals surface area contributed by atoms with Crippen LogP contribution in [0, 0.1) is 5.92 Å². The van der Waals surface area contributed by atoms with E-state index in [4.69, 9.17) is 4.74 Å². The summed E-state index contributed by atoms with van der Waals surface area (Å²) in [6.45, 7) is 4.30. The van der Waals surface area contributed by atoms with E-state index in [1.807, 2.05) is 60.7 Å². The summed E-state index contributed by atoms with van der Waals surface area (Å²) in [5, 5.41) is 10.7. The quantitative estimate of drug-likeness (QED) is 0.652. The van der Waals surface area contributed by atoms with Gasteiger partial charge in [-0.25, -0.2) is 4.79 Å². The van der Waals surface area contributed by atoms with Crippen LogP contribution in [0.2, 0.25) is 0 Å². The van der Waals surface area contributed by atoms with E-state index in [1.54, 1.807) is 0 Å². The Morgan fingerprint density at radius 1 is 1.08 bits per heavy atom. The summed E-state index contributed by atoms with van der Waals surface area (Å²) in [6, 6.07) is 19.3. The van der Waals surface area contributed by atoms with Gasteiger partial charge in [0.15, 0.2) is 0 Å². The number of carbonyl (C=O) groups excluding carboxylic acids is 1. The van der Waals surface area contributed by atoms with Gasteiger partial charge < -0.3 is 9.84 Å². The summed E-state index contributed by atoms with van der Waals surface area (Å²) >= 11 is 1.26. The standard InChI is InChI=1S/C22H24O3S/c1-16(2)13-14-22(17-9-5-3-6-10-17)15-19(23)20(21(24)25-22)26-18-11-7-4-8-12-18/h3-12,16,23H,13-15H2,1-2H3. The van der Waals surface area contributed by atoms with E-state index in [1.165, 1.54) is 11.8 Å². The van der Waals surface area contributed by atoms with E-state index < -0.39 is 11.6 Å². The Morgan fingerprint density at radius 3 is 2.27 bits per heavy atom. The minimum absolute atomic E-state index is 0.114. The molecule has 0 fully saturated rings. The van der Waals surface area contributed by atoms with Crippen molar-refractivity contribution in [2.75, 3.05) is 0 Å². The first-order chi connectivity index (χ1) is 12.5. The van der Waals surface area contributed by atoms with Crippen LogP contribution < -0.4 is 0 Å². The molecule has 1 N–H and O–H groups in total. The van der Waals surface area contributed by atoms with E-state index in [0.29, 0.717) is 18.8 Å². The fourth-order valence-corrected chi connectivity index (χ4v) is 3.99. The number of hydrogen-bond acceptors (Lipinski definition) is 4. The normalized spacial score (nSPS) is 20.3. The molecule has 0 saturated heterocycles. The Kier molecular flexibility index (Phi) is 5.72. The molecule has 2 aromatic rings. The van der Waals surface area contributed by atoms with Gasteiger partial charge in [-0.15, -0.1) is 0 Å². The van der Waals surface area contributed by atoms with Gasteiger partial charge in [-0.05, 0) is 36.5 Å². The molecule has 136 valence electrons. The summed E-state index contributed by atoms with van der Waals surface area (Å²) in [5.74, 6) is 0.151. The van der Waals surface area contributed by atoms with E-state index in [-0.39, 0.29) is 10.7 Å². The van der Waals surface area contributed by atoms with Gasteiger partial charge in [0.2, 0.25) is 0 Å². The Labute approximate surface area is 159 Å². The average Bonchev–Trinajstić information content (AvgIpc) is 2.65. The van der Waals surface area contributed by atoms with Gasteiger partial charge in [0.05, 0.1) is 6.42 Å². The molecule has 4 heteroatoms. The summed E-state index contributed by atoms with van der Waals surface area (Å²) in [4.78, 5) is 14.0. The summed E-state index contributed by atoms with van der Waals surface area (Å²) in [7, 11) is 0. The van der Waals surface area contributed by atoms with Crippen molar-refractivity contribution < 1.29 is 14.6 Å². The molecule has 0 aromatic heterocycles. The van der Waals surface area contributed by atoms with Crippen LogP contribution in [0.5, 0.6) is 0 Å². The van der Waals surface area contributed by atoms with Gasteiger partial charge >= 0.3 is 5.97 Å². The minimum Gasteiger partial charge on any atom is -0.511 e. The number of cyclic esters (lactones) is 1. The number of thioether (sulfide) groups is 1. The lowest BCUT2D eigenvalue weighted by molar-refractivity contribution is -0.160. The van der Waals surface area contributed by atoms with Crippen molar-refractivity contribution in [3.05, 3.63) is 76.9 Å². The number of hydrogen-bond donors (Lipinski definition) is 1. The monoisotopic (exact) mass is 368 g/mol. The van der Waals surface area contributed by atoms with Gasteiger partial charge in [0.25, 0.3) is 0 Å². The fraction of sp³-hybridized carbons (Fsp3) is 0.318. The fourth-order valence-electron chi connectivity index (χ4n) is 3.14. The third-order valence-electron chi connectivity index (χ3n) is 4.58. The molecule has 0 bridgehead atoms. The molecule has 1 aliphatic heterocycles. The van der Waals surface area contributed by atoms with Gasteiger partial charge in [-0.2, -0.15) is 0 Å². The van der Waals surface area contributed by atoms with Crippen LogP contribution in [-0.4, -0.2) is 11.1 Å². The van der Waals surface area contributed by atoms with Crippen LogP contribution in [-0.2, 0) is 15.1 Å². The first-order valence-corrected chi connectivity index (χ1v) is 9.76. The molecule has 3 rings (SSSR count). The van der Waals surface area contributed by atoms with Crippen molar-refractivity contribution in [3.63, 3.8) is 0 Å². The van der Waals surface area contributed by atoms with E-state index in [0.717, 1.165) is 16.9 Å². The molecule has 1 heterocycles. The Balaban J connectivity index is 1.92. The van der Waals surface area contributed by atoms with E-state index in [9.17, 15) is 9.90 Å². The van der Waals surface area contributed by atoms with Crippen LogP contribution in [0.3, 0.4) is 0 Å². The second kappa shape index (κ2) is 8.00. The smallest absolute Gasteiger partial charge is 0.349 e. The molecule has 1 atom stereocenters. The van der Waals surface area contributed by atoms with E-state index in [2.05, 4.69) is 13.8 Å². The van der Waals surface area contributed by atoms with Crippen molar-refractivity contribution >= 4 is 17.7 Å². The van der Waals surface area contributed by atoms with Gasteiger partial charge in [-0.3, -0.25) is 0 Å². The maximum absolute atomic E-state index is 12.8. The molecule has 0 saturated carbocycles. The molecule has 26 heavy (non-hydrogen) atoms. The Hall–Kier alpha value is -2.20. The maximum atomic E-state index is 12.8. The zero-order valence-corrected chi connectivity index (χ0v) is 16.0. The number of carbonyl (C=O) groups is 1. The molecule has 2 aromatic carbocycles. The number of aliphatic hydroxyl groups is 1. The van der Waals surface area contributed by atoms with Crippen LogP contribution in [0.15, 0.2) is 76.2 Å². The zero-order chi connectivity index (χ0) is 18.6. The van der Waals surface area contributed by atoms with Crippen LogP contribution in [0.1, 0.15) is 38.7 Å². The average molecular weight is 368 g/mol. The number of rotatable bonds is 6. The van der Waals surface area contributed by atoms with Gasteiger partial charge in [-0.1, -0.05) is 74.1 Å². The number of ether oxygens (including phenoxy) is 1. The van der Waals surface area contributed by atoms with Crippen molar-refractivity contribution in [1.82, 2.24) is 0 Å². The Morgan fingerprint density at radius 2 is 1.69 bits per heavy atom. The predicted octanol–water partition coefficient (Wildman–Crippen LogP) is 5.83. The molecular weight excluding hydrogens is 344 g/mol. The minimum atomic E-state index is -0.798. The van der Waals surface area contributed by atoms with Crippen molar-refractivity contribution in [1.29, 1.82) is 0 Å². The number of benzene rings is 2. The predicted molar refractivity (Wildman–Crippen MR) is 105 cm³/mol. The lowest BCUT2D eigenvalue weighted by atomic mass is 9.82. The van der Waals surface area contributed by atoms with Crippen LogP contribution >= 0.6 is 11.8 Å². The van der Waals surface area contributed by atoms with Crippen molar-refractivity contribution in [2.45, 2.75) is 43.6 Å². The summed E-state index contributed by atoms with van der Waals surface area (Å²) in [5.41, 5.74) is 0.136. The summed E-state index contributed by atoms with van der Waals surface area (Å²) < 4.78 is 5.99. The molecular formula is C22H24O3S. The molecule has 0 amide bonds. The molecule has 0 spiro atoms.